The molecule has 0 aromatic rings. The third-order valence-electron chi connectivity index (χ3n) is 2.97. The quantitative estimate of drug-likeness (QED) is 0.697. The lowest BCUT2D eigenvalue weighted by Crippen LogP contribution is -2.24. The van der Waals surface area contributed by atoms with Gasteiger partial charge in [-0.1, -0.05) is 0 Å². The predicted octanol–water partition coefficient (Wildman–Crippen LogP) is 2.79. The molecule has 0 spiro atoms. The molecule has 0 aromatic heterocycles. The second kappa shape index (κ2) is 7.54. The Bertz CT molecular complexity index is 157. The van der Waals surface area contributed by atoms with Crippen LogP contribution in [0.1, 0.15) is 38.5 Å². The van der Waals surface area contributed by atoms with Gasteiger partial charge in [0.1, 0.15) is 5.44 Å². The van der Waals surface area contributed by atoms with Crippen LogP contribution in [0.5, 0.6) is 0 Å². The van der Waals surface area contributed by atoms with Gasteiger partial charge >= 0.3 is 0 Å². The summed E-state index contributed by atoms with van der Waals surface area (Å²) in [5.41, 5.74) is 0.407. The second-order valence-corrected chi connectivity index (χ2v) is 5.60. The van der Waals surface area contributed by atoms with Crippen molar-refractivity contribution in [2.75, 3.05) is 25.6 Å². The molecular formula is C12H22O3S. The topological polar surface area (TPSA) is 27.7 Å². The molecule has 2 saturated heterocycles. The van der Waals surface area contributed by atoms with Gasteiger partial charge in [-0.3, -0.25) is 0 Å². The van der Waals surface area contributed by atoms with E-state index in [1.54, 1.807) is 0 Å². The summed E-state index contributed by atoms with van der Waals surface area (Å²) in [4.78, 5) is 0. The fourth-order valence-corrected chi connectivity index (χ4v) is 3.03. The van der Waals surface area contributed by atoms with Crippen LogP contribution < -0.4 is 0 Å². The predicted molar refractivity (Wildman–Crippen MR) is 65.6 cm³/mol. The molecule has 0 aromatic carbocycles. The summed E-state index contributed by atoms with van der Waals surface area (Å²) < 4.78 is 16.8. The summed E-state index contributed by atoms with van der Waals surface area (Å²) >= 11 is 1.88. The molecule has 0 aliphatic carbocycles. The molecule has 2 rings (SSSR count). The minimum Gasteiger partial charge on any atom is -0.368 e. The molecule has 0 radical (unpaired) electrons. The van der Waals surface area contributed by atoms with E-state index in [9.17, 15) is 0 Å². The summed E-state index contributed by atoms with van der Waals surface area (Å²) in [5, 5.41) is 0. The van der Waals surface area contributed by atoms with E-state index in [0.29, 0.717) is 5.44 Å². The molecule has 0 bridgehead atoms. The lowest BCUT2D eigenvalue weighted by Gasteiger charge is -2.24. The number of ether oxygens (including phenoxy) is 3. The summed E-state index contributed by atoms with van der Waals surface area (Å²) in [7, 11) is 0. The Labute approximate surface area is 102 Å². The van der Waals surface area contributed by atoms with E-state index in [2.05, 4.69) is 0 Å². The van der Waals surface area contributed by atoms with Gasteiger partial charge in [-0.15, -0.1) is 11.8 Å². The number of hydrogen-bond donors (Lipinski definition) is 0. The monoisotopic (exact) mass is 246 g/mol. The van der Waals surface area contributed by atoms with Gasteiger partial charge in [-0.2, -0.15) is 0 Å². The van der Waals surface area contributed by atoms with Gasteiger partial charge in [0.05, 0.1) is 6.61 Å². The van der Waals surface area contributed by atoms with Crippen molar-refractivity contribution >= 4 is 11.8 Å². The van der Waals surface area contributed by atoms with Crippen LogP contribution in [-0.2, 0) is 14.2 Å². The zero-order valence-corrected chi connectivity index (χ0v) is 10.7. The first-order valence-corrected chi connectivity index (χ1v) is 7.46. The van der Waals surface area contributed by atoms with Crippen LogP contribution in [0.2, 0.25) is 0 Å². The summed E-state index contributed by atoms with van der Waals surface area (Å²) in [6, 6.07) is 0. The van der Waals surface area contributed by atoms with Crippen LogP contribution in [0.25, 0.3) is 0 Å². The van der Waals surface area contributed by atoms with Crippen molar-refractivity contribution in [3.8, 4) is 0 Å². The Morgan fingerprint density at radius 3 is 2.50 bits per heavy atom. The highest BCUT2D eigenvalue weighted by atomic mass is 32.2. The fourth-order valence-electron chi connectivity index (χ4n) is 2.04. The van der Waals surface area contributed by atoms with Crippen LogP contribution in [0.3, 0.4) is 0 Å². The first-order valence-electron chi connectivity index (χ1n) is 6.41. The van der Waals surface area contributed by atoms with Crippen molar-refractivity contribution in [2.24, 2.45) is 0 Å². The minimum atomic E-state index is 0.0571. The van der Waals surface area contributed by atoms with Crippen LogP contribution in [-0.4, -0.2) is 37.3 Å². The Balaban J connectivity index is 1.47. The van der Waals surface area contributed by atoms with Crippen molar-refractivity contribution in [3.05, 3.63) is 0 Å². The summed E-state index contributed by atoms with van der Waals surface area (Å²) in [6.45, 7) is 2.59. The Morgan fingerprint density at radius 2 is 1.81 bits per heavy atom. The van der Waals surface area contributed by atoms with Crippen molar-refractivity contribution in [3.63, 3.8) is 0 Å². The number of rotatable bonds is 5. The normalized spacial score (nSPS) is 31.5. The van der Waals surface area contributed by atoms with Crippen molar-refractivity contribution in [1.29, 1.82) is 0 Å². The van der Waals surface area contributed by atoms with Gasteiger partial charge < -0.3 is 14.2 Å². The number of thioether (sulfide) groups is 1. The molecule has 2 atom stereocenters. The molecule has 2 aliphatic rings. The highest BCUT2D eigenvalue weighted by Gasteiger charge is 2.16. The lowest BCUT2D eigenvalue weighted by atomic mass is 10.2. The van der Waals surface area contributed by atoms with Crippen molar-refractivity contribution in [2.45, 2.75) is 50.3 Å². The summed E-state index contributed by atoms with van der Waals surface area (Å²) in [5.74, 6) is 1.02. The first kappa shape index (κ1) is 12.7. The van der Waals surface area contributed by atoms with Crippen molar-refractivity contribution < 1.29 is 14.2 Å². The molecule has 2 unspecified atom stereocenters. The van der Waals surface area contributed by atoms with Gasteiger partial charge in [0.2, 0.25) is 0 Å². The highest BCUT2D eigenvalue weighted by Crippen LogP contribution is 2.23. The molecule has 3 nitrogen and oxygen atoms in total. The lowest BCUT2D eigenvalue weighted by molar-refractivity contribution is -0.158. The third kappa shape index (κ3) is 4.62. The maximum absolute atomic E-state index is 5.68. The van der Waals surface area contributed by atoms with E-state index in [1.165, 1.54) is 32.1 Å². The largest absolute Gasteiger partial charge is 0.368 e. The Kier molecular flexibility index (Phi) is 5.97. The first-order chi connectivity index (χ1) is 7.95. The Morgan fingerprint density at radius 1 is 1.00 bits per heavy atom. The van der Waals surface area contributed by atoms with Gasteiger partial charge in [-0.05, 0) is 38.5 Å². The average molecular weight is 246 g/mol. The SMILES string of the molecule is C1CCC(OCCSC2CCCCO2)OC1. The molecule has 94 valence electrons. The van der Waals surface area contributed by atoms with Crippen LogP contribution >= 0.6 is 11.8 Å². The van der Waals surface area contributed by atoms with E-state index >= 15 is 0 Å². The molecule has 16 heavy (non-hydrogen) atoms. The zero-order valence-electron chi connectivity index (χ0n) is 9.86. The van der Waals surface area contributed by atoms with Crippen LogP contribution in [0.4, 0.5) is 0 Å². The highest BCUT2D eigenvalue weighted by molar-refractivity contribution is 7.99. The standard InChI is InChI=1S/C12H22O3S/c1-3-7-13-11(5-1)14-9-10-16-12-6-2-4-8-15-12/h11-12H,1-10H2. The van der Waals surface area contributed by atoms with Gasteiger partial charge in [0.25, 0.3) is 0 Å². The third-order valence-corrected chi connectivity index (χ3v) is 4.11. The maximum atomic E-state index is 5.68. The molecule has 0 N–H and O–H groups in total. The van der Waals surface area contributed by atoms with Gasteiger partial charge in [0, 0.05) is 19.0 Å². The maximum Gasteiger partial charge on any atom is 0.157 e. The van der Waals surface area contributed by atoms with Crippen molar-refractivity contribution in [1.82, 2.24) is 0 Å². The van der Waals surface area contributed by atoms with Crippen LogP contribution in [0.15, 0.2) is 0 Å². The minimum absolute atomic E-state index is 0.0571. The van der Waals surface area contributed by atoms with E-state index in [-0.39, 0.29) is 6.29 Å². The second-order valence-electron chi connectivity index (χ2n) is 4.33. The molecule has 0 saturated carbocycles. The van der Waals surface area contributed by atoms with E-state index in [4.69, 9.17) is 14.2 Å². The van der Waals surface area contributed by atoms with E-state index < -0.39 is 0 Å². The molecule has 2 aliphatic heterocycles. The van der Waals surface area contributed by atoms with Gasteiger partial charge in [0.15, 0.2) is 6.29 Å². The fraction of sp³-hybridized carbons (Fsp3) is 1.00. The smallest absolute Gasteiger partial charge is 0.157 e. The average Bonchev–Trinajstić information content (AvgIpc) is 2.37. The van der Waals surface area contributed by atoms with E-state index in [0.717, 1.165) is 32.0 Å². The van der Waals surface area contributed by atoms with Crippen LogP contribution in [0, 0.1) is 0 Å². The molecule has 0 amide bonds. The Hall–Kier alpha value is 0.230. The number of hydrogen-bond acceptors (Lipinski definition) is 4. The van der Waals surface area contributed by atoms with Gasteiger partial charge in [-0.25, -0.2) is 0 Å². The zero-order chi connectivity index (χ0) is 11.1. The summed E-state index contributed by atoms with van der Waals surface area (Å²) in [6.07, 6.45) is 7.28. The van der Waals surface area contributed by atoms with E-state index in [1.807, 2.05) is 11.8 Å². The molecule has 2 fully saturated rings. The molecule has 4 heteroatoms. The molecular weight excluding hydrogens is 224 g/mol. The molecule has 2 heterocycles.